The van der Waals surface area contributed by atoms with Crippen molar-refractivity contribution in [3.8, 4) is 0 Å². The normalized spacial score (nSPS) is 24.2. The molecule has 2 unspecified atom stereocenters. The van der Waals surface area contributed by atoms with Gasteiger partial charge in [0.2, 0.25) is 11.8 Å². The average Bonchev–Trinajstić information content (AvgIpc) is 3.14. The first-order valence-corrected chi connectivity index (χ1v) is 8.95. The third-order valence-corrected chi connectivity index (χ3v) is 5.09. The van der Waals surface area contributed by atoms with Gasteiger partial charge < -0.3 is 14.5 Å². The first kappa shape index (κ1) is 17.8. The van der Waals surface area contributed by atoms with E-state index in [1.165, 1.54) is 0 Å². The fourth-order valence-corrected chi connectivity index (χ4v) is 3.85. The van der Waals surface area contributed by atoms with Gasteiger partial charge in [-0.05, 0) is 26.7 Å². The number of amides is 2. The van der Waals surface area contributed by atoms with Crippen molar-refractivity contribution in [3.63, 3.8) is 0 Å². The molecule has 0 radical (unpaired) electrons. The highest BCUT2D eigenvalue weighted by molar-refractivity contribution is 5.89. The van der Waals surface area contributed by atoms with Crippen LogP contribution in [0, 0.1) is 19.8 Å². The molecule has 3 rings (SSSR count). The van der Waals surface area contributed by atoms with Crippen LogP contribution >= 0.6 is 0 Å². The first-order chi connectivity index (χ1) is 12.0. The topological polar surface area (TPSA) is 80.6 Å². The molecule has 0 saturated carbocycles. The molecule has 25 heavy (non-hydrogen) atoms. The minimum absolute atomic E-state index is 0.0479. The second kappa shape index (κ2) is 7.51. The predicted molar refractivity (Wildman–Crippen MR) is 90.9 cm³/mol. The lowest BCUT2D eigenvalue weighted by atomic mass is 10.0. The molecule has 2 saturated heterocycles. The van der Waals surface area contributed by atoms with E-state index < -0.39 is 0 Å². The summed E-state index contributed by atoms with van der Waals surface area (Å²) in [5.74, 6) is 1.55. The summed E-state index contributed by atoms with van der Waals surface area (Å²) in [4.78, 5) is 33.0. The monoisotopic (exact) mass is 349 g/mol. The third-order valence-electron chi connectivity index (χ3n) is 5.09. The van der Waals surface area contributed by atoms with Gasteiger partial charge in [-0.15, -0.1) is 0 Å². The van der Waals surface area contributed by atoms with Gasteiger partial charge >= 0.3 is 0 Å². The van der Waals surface area contributed by atoms with E-state index in [2.05, 4.69) is 10.1 Å². The van der Waals surface area contributed by atoms with Gasteiger partial charge in [0.1, 0.15) is 11.6 Å². The number of nitrogens with zero attached hydrogens (tertiary/aromatic N) is 5. The molecule has 1 aromatic rings. The van der Waals surface area contributed by atoms with Crippen LogP contribution < -0.4 is 0 Å². The molecular weight excluding hydrogens is 322 g/mol. The molecule has 0 N–H and O–H groups in total. The summed E-state index contributed by atoms with van der Waals surface area (Å²) in [6.07, 6.45) is 2.25. The summed E-state index contributed by atoms with van der Waals surface area (Å²) < 4.78 is 6.98. The van der Waals surface area contributed by atoms with Gasteiger partial charge in [0, 0.05) is 39.7 Å². The van der Waals surface area contributed by atoms with Crippen LogP contribution in [0.4, 0.5) is 0 Å². The van der Waals surface area contributed by atoms with Crippen molar-refractivity contribution in [2.24, 2.45) is 5.92 Å². The Kier molecular flexibility index (Phi) is 5.36. The standard InChI is InChI=1S/C17H27N5O3/c1-12-18-13(2)22(19-12)15-5-4-6-21(11-15)17(24)14-9-16(23)20(10-14)7-8-25-3/h14-15H,4-11H2,1-3H3. The molecule has 2 aliphatic heterocycles. The van der Waals surface area contributed by atoms with Gasteiger partial charge in [0.05, 0.1) is 18.6 Å². The Morgan fingerprint density at radius 3 is 2.80 bits per heavy atom. The second-order valence-electron chi connectivity index (χ2n) is 6.96. The zero-order valence-electron chi connectivity index (χ0n) is 15.3. The van der Waals surface area contributed by atoms with Crippen molar-refractivity contribution in [1.82, 2.24) is 24.6 Å². The van der Waals surface area contributed by atoms with Gasteiger partial charge in [0.25, 0.3) is 0 Å². The van der Waals surface area contributed by atoms with Gasteiger partial charge in [-0.3, -0.25) is 9.59 Å². The Morgan fingerprint density at radius 2 is 2.12 bits per heavy atom. The first-order valence-electron chi connectivity index (χ1n) is 8.95. The molecule has 2 amide bonds. The summed E-state index contributed by atoms with van der Waals surface area (Å²) in [7, 11) is 1.62. The number of rotatable bonds is 5. The van der Waals surface area contributed by atoms with E-state index >= 15 is 0 Å². The smallest absolute Gasteiger partial charge is 0.228 e. The van der Waals surface area contributed by atoms with Crippen LogP contribution in [0.5, 0.6) is 0 Å². The van der Waals surface area contributed by atoms with Crippen LogP contribution in [0.25, 0.3) is 0 Å². The number of methoxy groups -OCH3 is 1. The van der Waals surface area contributed by atoms with E-state index in [1.54, 1.807) is 12.0 Å². The van der Waals surface area contributed by atoms with Crippen LogP contribution in [-0.2, 0) is 14.3 Å². The van der Waals surface area contributed by atoms with Gasteiger partial charge in [-0.2, -0.15) is 5.10 Å². The van der Waals surface area contributed by atoms with E-state index in [1.807, 2.05) is 23.4 Å². The Morgan fingerprint density at radius 1 is 1.32 bits per heavy atom. The Hall–Kier alpha value is -1.96. The van der Waals surface area contributed by atoms with Gasteiger partial charge in [-0.1, -0.05) is 0 Å². The zero-order chi connectivity index (χ0) is 18.0. The van der Waals surface area contributed by atoms with Crippen LogP contribution in [-0.4, -0.2) is 76.3 Å². The summed E-state index contributed by atoms with van der Waals surface area (Å²) in [6, 6.07) is 0.167. The highest BCUT2D eigenvalue weighted by Crippen LogP contribution is 2.26. The van der Waals surface area contributed by atoms with Crippen LogP contribution in [0.2, 0.25) is 0 Å². The fraction of sp³-hybridized carbons (Fsp3) is 0.765. The number of hydrogen-bond donors (Lipinski definition) is 0. The molecule has 8 heteroatoms. The predicted octanol–water partition coefficient (Wildman–Crippen LogP) is 0.553. The number of aryl methyl sites for hydroxylation is 2. The van der Waals surface area contributed by atoms with Gasteiger partial charge in [0.15, 0.2) is 0 Å². The Bertz CT molecular complexity index is 644. The number of hydrogen-bond acceptors (Lipinski definition) is 5. The lowest BCUT2D eigenvalue weighted by Gasteiger charge is -2.34. The van der Waals surface area contributed by atoms with Crippen molar-refractivity contribution in [2.75, 3.05) is 39.9 Å². The lowest BCUT2D eigenvalue weighted by Crippen LogP contribution is -2.44. The molecule has 138 valence electrons. The van der Waals surface area contributed by atoms with Crippen molar-refractivity contribution >= 4 is 11.8 Å². The molecule has 2 atom stereocenters. The molecule has 0 bridgehead atoms. The fourth-order valence-electron chi connectivity index (χ4n) is 3.85. The van der Waals surface area contributed by atoms with E-state index in [4.69, 9.17) is 4.74 Å². The quantitative estimate of drug-likeness (QED) is 0.776. The summed E-state index contributed by atoms with van der Waals surface area (Å²) in [6.45, 7) is 6.79. The molecule has 8 nitrogen and oxygen atoms in total. The SMILES string of the molecule is COCCN1CC(C(=O)N2CCCC(n3nc(C)nc3C)C2)CC1=O. The molecular formula is C17H27N5O3. The maximum Gasteiger partial charge on any atom is 0.228 e. The molecule has 0 aliphatic carbocycles. The van der Waals surface area contributed by atoms with Gasteiger partial charge in [-0.25, -0.2) is 9.67 Å². The number of aromatic nitrogens is 3. The van der Waals surface area contributed by atoms with E-state index in [0.29, 0.717) is 32.7 Å². The number of ether oxygens (including phenoxy) is 1. The number of carbonyl (C=O) groups is 2. The van der Waals surface area contributed by atoms with Crippen LogP contribution in [0.3, 0.4) is 0 Å². The zero-order valence-corrected chi connectivity index (χ0v) is 15.3. The Balaban J connectivity index is 1.62. The van der Waals surface area contributed by atoms with E-state index in [-0.39, 0.29) is 23.8 Å². The summed E-state index contributed by atoms with van der Waals surface area (Å²) in [5.41, 5.74) is 0. The van der Waals surface area contributed by atoms with Crippen molar-refractivity contribution in [2.45, 2.75) is 39.2 Å². The van der Waals surface area contributed by atoms with E-state index in [0.717, 1.165) is 31.0 Å². The highest BCUT2D eigenvalue weighted by atomic mass is 16.5. The number of piperidine rings is 1. The van der Waals surface area contributed by atoms with Crippen LogP contribution in [0.15, 0.2) is 0 Å². The number of likely N-dealkylation sites (tertiary alicyclic amines) is 2. The molecule has 0 spiro atoms. The average molecular weight is 349 g/mol. The van der Waals surface area contributed by atoms with Crippen molar-refractivity contribution in [1.29, 1.82) is 0 Å². The lowest BCUT2D eigenvalue weighted by molar-refractivity contribution is -0.137. The van der Waals surface area contributed by atoms with Crippen molar-refractivity contribution in [3.05, 3.63) is 11.6 Å². The maximum atomic E-state index is 12.9. The van der Waals surface area contributed by atoms with Crippen LogP contribution in [0.1, 0.15) is 37.0 Å². The third kappa shape index (κ3) is 3.84. The number of carbonyl (C=O) groups excluding carboxylic acids is 2. The minimum Gasteiger partial charge on any atom is -0.383 e. The van der Waals surface area contributed by atoms with E-state index in [9.17, 15) is 9.59 Å². The maximum absolute atomic E-state index is 12.9. The molecule has 2 aliphatic rings. The molecule has 1 aromatic heterocycles. The summed E-state index contributed by atoms with van der Waals surface area (Å²) >= 11 is 0. The Labute approximate surface area is 148 Å². The van der Waals surface area contributed by atoms with Crippen molar-refractivity contribution < 1.29 is 14.3 Å². The molecule has 0 aromatic carbocycles. The minimum atomic E-state index is -0.235. The second-order valence-corrected chi connectivity index (χ2v) is 6.96. The molecule has 2 fully saturated rings. The largest absolute Gasteiger partial charge is 0.383 e. The molecule has 3 heterocycles. The highest BCUT2D eigenvalue weighted by Gasteiger charge is 2.38. The summed E-state index contributed by atoms with van der Waals surface area (Å²) in [5, 5.41) is 4.47.